The van der Waals surface area contributed by atoms with Crippen molar-refractivity contribution in [2.24, 2.45) is 5.73 Å². The Kier molecular flexibility index (Phi) is 5.75. The predicted molar refractivity (Wildman–Crippen MR) is 83.9 cm³/mol. The van der Waals surface area contributed by atoms with E-state index in [-0.39, 0.29) is 6.04 Å². The van der Waals surface area contributed by atoms with Crippen LogP contribution < -0.4 is 5.73 Å². The fourth-order valence-electron chi connectivity index (χ4n) is 2.60. The quantitative estimate of drug-likeness (QED) is 0.768. The Bertz CT molecular complexity index is 454. The monoisotopic (exact) mass is 297 g/mol. The lowest BCUT2D eigenvalue weighted by Crippen LogP contribution is -2.25. The van der Waals surface area contributed by atoms with Gasteiger partial charge in [0.1, 0.15) is 0 Å². The summed E-state index contributed by atoms with van der Waals surface area (Å²) in [7, 11) is 0. The van der Waals surface area contributed by atoms with Gasteiger partial charge in [-0.05, 0) is 49.8 Å². The van der Waals surface area contributed by atoms with E-state index in [9.17, 15) is 0 Å². The summed E-state index contributed by atoms with van der Waals surface area (Å²) in [5.74, 6) is 0. The fourth-order valence-corrected chi connectivity index (χ4v) is 2.93. The van der Waals surface area contributed by atoms with Crippen LogP contribution in [0.5, 0.6) is 0 Å². The van der Waals surface area contributed by atoms with Crippen LogP contribution in [0.25, 0.3) is 0 Å². The van der Waals surface area contributed by atoms with E-state index in [1.165, 1.54) is 37.7 Å². The molecule has 3 heteroatoms. The molecule has 1 aliphatic carbocycles. The summed E-state index contributed by atoms with van der Waals surface area (Å²) in [4.78, 5) is 0. The van der Waals surface area contributed by atoms with Crippen molar-refractivity contribution < 1.29 is 0 Å². The second-order valence-electron chi connectivity index (χ2n) is 5.29. The first-order valence-corrected chi connectivity index (χ1v) is 7.81. The summed E-state index contributed by atoms with van der Waals surface area (Å²) in [6.07, 6.45) is 10.7. The van der Waals surface area contributed by atoms with Gasteiger partial charge in [0, 0.05) is 6.04 Å². The third-order valence-corrected chi connectivity index (χ3v) is 4.48. The lowest BCUT2D eigenvalue weighted by Gasteiger charge is -2.18. The molecule has 1 unspecified atom stereocenters. The molecule has 1 aliphatic rings. The molecular weight excluding hydrogens is 277 g/mol. The van der Waals surface area contributed by atoms with Crippen LogP contribution in [0.3, 0.4) is 0 Å². The number of halogens is 2. The van der Waals surface area contributed by atoms with E-state index >= 15 is 0 Å². The molecular formula is C16H21Cl2N. The zero-order chi connectivity index (χ0) is 13.7. The van der Waals surface area contributed by atoms with Crippen LogP contribution in [0.1, 0.15) is 44.1 Å². The summed E-state index contributed by atoms with van der Waals surface area (Å²) < 4.78 is 0. The van der Waals surface area contributed by atoms with Gasteiger partial charge in [-0.2, -0.15) is 0 Å². The highest BCUT2D eigenvalue weighted by Crippen LogP contribution is 2.25. The highest BCUT2D eigenvalue weighted by atomic mass is 35.5. The largest absolute Gasteiger partial charge is 0.324 e. The van der Waals surface area contributed by atoms with Crippen LogP contribution >= 0.6 is 23.2 Å². The van der Waals surface area contributed by atoms with Crippen LogP contribution in [-0.2, 0) is 6.42 Å². The first kappa shape index (κ1) is 14.9. The minimum Gasteiger partial charge on any atom is -0.324 e. The molecule has 0 saturated carbocycles. The van der Waals surface area contributed by atoms with Gasteiger partial charge in [0.15, 0.2) is 0 Å². The second-order valence-corrected chi connectivity index (χ2v) is 6.11. The van der Waals surface area contributed by atoms with E-state index in [0.29, 0.717) is 10.0 Å². The lowest BCUT2D eigenvalue weighted by molar-refractivity contribution is 0.594. The van der Waals surface area contributed by atoms with Crippen molar-refractivity contribution in [2.45, 2.75) is 51.0 Å². The van der Waals surface area contributed by atoms with Gasteiger partial charge in [-0.15, -0.1) is 0 Å². The summed E-state index contributed by atoms with van der Waals surface area (Å²) in [6, 6.07) is 5.89. The van der Waals surface area contributed by atoms with E-state index < -0.39 is 0 Å². The van der Waals surface area contributed by atoms with Crippen LogP contribution in [0.15, 0.2) is 29.8 Å². The number of benzene rings is 1. The molecule has 0 heterocycles. The standard InChI is InChI=1S/C16H21Cl2N/c17-14-9-8-12(10-15(14)18)11-16(19)13-6-4-2-1-3-5-7-13/h6,8-10,16H,1-5,7,11,19H2/b13-6+. The molecule has 19 heavy (non-hydrogen) atoms. The number of allylic oxidation sites excluding steroid dienone is 1. The van der Waals surface area contributed by atoms with E-state index in [2.05, 4.69) is 6.08 Å². The molecule has 2 N–H and O–H groups in total. The smallest absolute Gasteiger partial charge is 0.0595 e. The molecule has 1 aromatic rings. The van der Waals surface area contributed by atoms with E-state index in [0.717, 1.165) is 18.4 Å². The van der Waals surface area contributed by atoms with Crippen molar-refractivity contribution in [3.63, 3.8) is 0 Å². The number of rotatable bonds is 3. The molecule has 1 atom stereocenters. The topological polar surface area (TPSA) is 26.0 Å². The maximum atomic E-state index is 6.34. The summed E-state index contributed by atoms with van der Waals surface area (Å²) in [6.45, 7) is 0. The third kappa shape index (κ3) is 4.52. The van der Waals surface area contributed by atoms with E-state index in [1.54, 1.807) is 0 Å². The van der Waals surface area contributed by atoms with Crippen molar-refractivity contribution >= 4 is 23.2 Å². The predicted octanol–water partition coefficient (Wildman–Crippen LogP) is 5.14. The Morgan fingerprint density at radius 3 is 2.63 bits per heavy atom. The minimum atomic E-state index is 0.107. The van der Waals surface area contributed by atoms with E-state index in [4.69, 9.17) is 28.9 Å². The Hall–Kier alpha value is -0.500. The second kappa shape index (κ2) is 7.33. The average molecular weight is 298 g/mol. The molecule has 0 aromatic heterocycles. The SMILES string of the molecule is NC(Cc1ccc(Cl)c(Cl)c1)/C1=C/CCCCCC1. The van der Waals surface area contributed by atoms with Crippen molar-refractivity contribution in [1.29, 1.82) is 0 Å². The molecule has 0 saturated heterocycles. The Balaban J connectivity index is 2.02. The van der Waals surface area contributed by atoms with Gasteiger partial charge >= 0.3 is 0 Å². The van der Waals surface area contributed by atoms with Crippen LogP contribution in [-0.4, -0.2) is 6.04 Å². The zero-order valence-electron chi connectivity index (χ0n) is 11.2. The van der Waals surface area contributed by atoms with Crippen molar-refractivity contribution in [2.75, 3.05) is 0 Å². The number of hydrogen-bond donors (Lipinski definition) is 1. The molecule has 0 amide bonds. The Morgan fingerprint density at radius 2 is 1.84 bits per heavy atom. The van der Waals surface area contributed by atoms with Crippen molar-refractivity contribution in [3.8, 4) is 0 Å². The maximum Gasteiger partial charge on any atom is 0.0595 e. The third-order valence-electron chi connectivity index (χ3n) is 3.74. The molecule has 0 spiro atoms. The van der Waals surface area contributed by atoms with Gasteiger partial charge in [0.2, 0.25) is 0 Å². The first-order valence-electron chi connectivity index (χ1n) is 7.05. The Labute approximate surface area is 125 Å². The van der Waals surface area contributed by atoms with Gasteiger partial charge in [-0.25, -0.2) is 0 Å². The first-order chi connectivity index (χ1) is 9.16. The fraction of sp³-hybridized carbons (Fsp3) is 0.500. The zero-order valence-corrected chi connectivity index (χ0v) is 12.7. The van der Waals surface area contributed by atoms with Gasteiger partial charge < -0.3 is 5.73 Å². The summed E-state index contributed by atoms with van der Waals surface area (Å²) >= 11 is 12.0. The molecule has 2 rings (SSSR count). The number of nitrogens with two attached hydrogens (primary N) is 1. The molecule has 1 aromatic carbocycles. The Morgan fingerprint density at radius 1 is 1.05 bits per heavy atom. The van der Waals surface area contributed by atoms with Gasteiger partial charge in [-0.1, -0.05) is 53.8 Å². The summed E-state index contributed by atoms with van der Waals surface area (Å²) in [5.41, 5.74) is 8.91. The maximum absolute atomic E-state index is 6.34. The normalized spacial score (nSPS) is 21.1. The minimum absolute atomic E-state index is 0.107. The van der Waals surface area contributed by atoms with Crippen LogP contribution in [0.2, 0.25) is 10.0 Å². The van der Waals surface area contributed by atoms with Gasteiger partial charge in [0.05, 0.1) is 10.0 Å². The average Bonchev–Trinajstić information content (AvgIpc) is 2.33. The molecule has 0 radical (unpaired) electrons. The molecule has 104 valence electrons. The van der Waals surface area contributed by atoms with Gasteiger partial charge in [-0.3, -0.25) is 0 Å². The van der Waals surface area contributed by atoms with Crippen LogP contribution in [0, 0.1) is 0 Å². The highest BCUT2D eigenvalue weighted by Gasteiger charge is 2.12. The summed E-state index contributed by atoms with van der Waals surface area (Å²) in [5, 5.41) is 1.21. The van der Waals surface area contributed by atoms with E-state index in [1.807, 2.05) is 18.2 Å². The van der Waals surface area contributed by atoms with Crippen molar-refractivity contribution in [1.82, 2.24) is 0 Å². The molecule has 1 nitrogen and oxygen atoms in total. The lowest BCUT2D eigenvalue weighted by atomic mass is 9.92. The molecule has 0 bridgehead atoms. The van der Waals surface area contributed by atoms with Crippen LogP contribution in [0.4, 0.5) is 0 Å². The molecule has 0 aliphatic heterocycles. The number of hydrogen-bond acceptors (Lipinski definition) is 1. The highest BCUT2D eigenvalue weighted by molar-refractivity contribution is 6.42. The van der Waals surface area contributed by atoms with Crippen molar-refractivity contribution in [3.05, 3.63) is 45.5 Å². The van der Waals surface area contributed by atoms with Gasteiger partial charge in [0.25, 0.3) is 0 Å². The molecule has 0 fully saturated rings.